The number of nitrogens with one attached hydrogen (secondary N) is 2. The topological polar surface area (TPSA) is 72.3 Å². The van der Waals surface area contributed by atoms with E-state index in [4.69, 9.17) is 9.47 Å². The van der Waals surface area contributed by atoms with Crippen molar-refractivity contribution in [3.05, 3.63) is 65.7 Å². The molecule has 7 heteroatoms. The molecule has 3 aliphatic heterocycles. The number of hydrogen-bond donors (Lipinski definition) is 2. The van der Waals surface area contributed by atoms with Crippen molar-refractivity contribution in [1.29, 1.82) is 0 Å². The molecule has 2 N–H and O–H groups in total. The number of fused-ring (bicyclic) bond motifs is 1. The summed E-state index contributed by atoms with van der Waals surface area (Å²) in [7, 11) is 0. The van der Waals surface area contributed by atoms with Gasteiger partial charge in [-0.3, -0.25) is 4.79 Å². The molecule has 1 saturated heterocycles. The largest absolute Gasteiger partial charge is 0.454 e. The van der Waals surface area contributed by atoms with E-state index in [1.54, 1.807) is 25.1 Å². The van der Waals surface area contributed by atoms with Crippen molar-refractivity contribution < 1.29 is 24.0 Å². The summed E-state index contributed by atoms with van der Waals surface area (Å²) in [6, 6.07) is 15.3. The lowest BCUT2D eigenvalue weighted by Gasteiger charge is -2.27. The fourth-order valence-electron chi connectivity index (χ4n) is 4.31. The summed E-state index contributed by atoms with van der Waals surface area (Å²) < 4.78 is 10.8. The molecule has 0 aliphatic carbocycles. The normalized spacial score (nSPS) is 25.3. The molecule has 1 fully saturated rings. The molecular formula is C23H24N3O4+. The highest BCUT2D eigenvalue weighted by Gasteiger charge is 2.50. The second-order valence-electron chi connectivity index (χ2n) is 8.06. The fourth-order valence-corrected chi connectivity index (χ4v) is 4.31. The van der Waals surface area contributed by atoms with Gasteiger partial charge in [0, 0.05) is 6.42 Å². The van der Waals surface area contributed by atoms with Crippen molar-refractivity contribution in [2.24, 2.45) is 0 Å². The molecule has 3 amide bonds. The number of hydrogen-bond acceptors (Lipinski definition) is 4. The number of rotatable bonds is 4. The molecule has 3 aliphatic rings. The summed E-state index contributed by atoms with van der Waals surface area (Å²) in [5.74, 6) is 1.00. The van der Waals surface area contributed by atoms with Gasteiger partial charge >= 0.3 is 6.03 Å². The third kappa shape index (κ3) is 3.11. The van der Waals surface area contributed by atoms with Gasteiger partial charge in [-0.1, -0.05) is 36.4 Å². The van der Waals surface area contributed by atoms with E-state index >= 15 is 0 Å². The van der Waals surface area contributed by atoms with E-state index < -0.39 is 5.54 Å². The summed E-state index contributed by atoms with van der Waals surface area (Å²) in [5.41, 5.74) is 2.13. The molecule has 0 radical (unpaired) electrons. The van der Waals surface area contributed by atoms with E-state index in [9.17, 15) is 9.59 Å². The van der Waals surface area contributed by atoms with Gasteiger partial charge in [-0.2, -0.15) is 0 Å². The maximum Gasteiger partial charge on any atom is 0.329 e. The van der Waals surface area contributed by atoms with Crippen LogP contribution in [0.4, 0.5) is 4.79 Å². The van der Waals surface area contributed by atoms with E-state index in [2.05, 4.69) is 23.5 Å². The number of urea groups is 1. The number of carbonyl (C=O) groups is 2. The zero-order valence-electron chi connectivity index (χ0n) is 16.8. The first-order valence-electron chi connectivity index (χ1n) is 10.2. The van der Waals surface area contributed by atoms with Crippen molar-refractivity contribution >= 4 is 17.5 Å². The van der Waals surface area contributed by atoms with Gasteiger partial charge < -0.3 is 19.7 Å². The van der Waals surface area contributed by atoms with Crippen LogP contribution in [0.25, 0.3) is 5.57 Å². The lowest BCUT2D eigenvalue weighted by atomic mass is 9.91. The lowest BCUT2D eigenvalue weighted by molar-refractivity contribution is -0.902. The van der Waals surface area contributed by atoms with Crippen LogP contribution in [0.5, 0.6) is 11.5 Å². The predicted octanol–water partition coefficient (Wildman–Crippen LogP) is 1.51. The summed E-state index contributed by atoms with van der Waals surface area (Å²) in [6.07, 6.45) is 3.13. The van der Waals surface area contributed by atoms with Crippen LogP contribution in [0, 0.1) is 0 Å². The maximum atomic E-state index is 13.2. The van der Waals surface area contributed by atoms with Crippen LogP contribution in [0.3, 0.4) is 0 Å². The number of nitrogens with zero attached hydrogens (tertiary/aromatic N) is 1. The zero-order chi connectivity index (χ0) is 20.7. The minimum atomic E-state index is -1.11. The second-order valence-corrected chi connectivity index (χ2v) is 8.06. The Labute approximate surface area is 174 Å². The molecule has 5 rings (SSSR count). The lowest BCUT2D eigenvalue weighted by Crippen LogP contribution is -3.14. The molecule has 30 heavy (non-hydrogen) atoms. The SMILES string of the molecule is C[C@]1(c2ccc3c(c2)OCO3)NC(=O)N(C[NH+]2CC=C(c3ccccc3)CC2)C1=O. The van der Waals surface area contributed by atoms with Crippen molar-refractivity contribution in [1.82, 2.24) is 10.2 Å². The van der Waals surface area contributed by atoms with E-state index in [1.165, 1.54) is 20.9 Å². The van der Waals surface area contributed by atoms with Crippen LogP contribution in [0.2, 0.25) is 0 Å². The molecule has 0 aromatic heterocycles. The Hall–Kier alpha value is -3.32. The fraction of sp³-hybridized carbons (Fsp3) is 0.304. The van der Waals surface area contributed by atoms with Gasteiger partial charge in [0.25, 0.3) is 5.91 Å². The monoisotopic (exact) mass is 406 g/mol. The van der Waals surface area contributed by atoms with Gasteiger partial charge in [-0.05, 0) is 41.8 Å². The number of benzene rings is 2. The minimum absolute atomic E-state index is 0.165. The van der Waals surface area contributed by atoms with Crippen LogP contribution >= 0.6 is 0 Å². The number of ether oxygens (including phenoxy) is 2. The number of carbonyl (C=O) groups excluding carboxylic acids is 2. The molecule has 3 heterocycles. The quantitative estimate of drug-likeness (QED) is 0.756. The highest BCUT2D eigenvalue weighted by molar-refractivity contribution is 6.07. The molecule has 154 valence electrons. The Morgan fingerprint density at radius 2 is 1.90 bits per heavy atom. The van der Waals surface area contributed by atoms with Crippen LogP contribution in [-0.4, -0.2) is 43.4 Å². The third-order valence-corrected chi connectivity index (χ3v) is 6.14. The second kappa shape index (κ2) is 7.18. The Bertz CT molecular complexity index is 1040. The van der Waals surface area contributed by atoms with Crippen LogP contribution in [-0.2, 0) is 10.3 Å². The van der Waals surface area contributed by atoms with Crippen molar-refractivity contribution in [3.8, 4) is 11.5 Å². The molecule has 2 aromatic rings. The Morgan fingerprint density at radius 3 is 2.67 bits per heavy atom. The first kappa shape index (κ1) is 18.7. The molecule has 0 bridgehead atoms. The highest BCUT2D eigenvalue weighted by Crippen LogP contribution is 2.37. The predicted molar refractivity (Wildman–Crippen MR) is 110 cm³/mol. The third-order valence-electron chi connectivity index (χ3n) is 6.14. The average Bonchev–Trinajstić information content (AvgIpc) is 3.33. The molecule has 0 saturated carbocycles. The van der Waals surface area contributed by atoms with Crippen LogP contribution < -0.4 is 19.7 Å². The smallest absolute Gasteiger partial charge is 0.329 e. The van der Waals surface area contributed by atoms with E-state index in [0.717, 1.165) is 19.5 Å². The van der Waals surface area contributed by atoms with Gasteiger partial charge in [-0.15, -0.1) is 0 Å². The Balaban J connectivity index is 1.30. The Morgan fingerprint density at radius 1 is 1.10 bits per heavy atom. The first-order chi connectivity index (χ1) is 14.5. The van der Waals surface area contributed by atoms with Crippen LogP contribution in [0.1, 0.15) is 24.5 Å². The summed E-state index contributed by atoms with van der Waals surface area (Å²) in [6.45, 7) is 3.91. The molecular weight excluding hydrogens is 382 g/mol. The molecule has 1 unspecified atom stereocenters. The molecule has 2 aromatic carbocycles. The number of amides is 3. The zero-order valence-corrected chi connectivity index (χ0v) is 16.8. The van der Waals surface area contributed by atoms with Gasteiger partial charge in [0.05, 0.1) is 13.1 Å². The van der Waals surface area contributed by atoms with Gasteiger partial charge in [0.1, 0.15) is 5.54 Å². The van der Waals surface area contributed by atoms with E-state index in [-0.39, 0.29) is 18.7 Å². The van der Waals surface area contributed by atoms with Gasteiger partial charge in [0.15, 0.2) is 18.2 Å². The van der Waals surface area contributed by atoms with Crippen molar-refractivity contribution in [2.75, 3.05) is 26.6 Å². The summed E-state index contributed by atoms with van der Waals surface area (Å²) in [5, 5.41) is 2.87. The molecule has 2 atom stereocenters. The minimum Gasteiger partial charge on any atom is -0.454 e. The maximum absolute atomic E-state index is 13.2. The number of imide groups is 1. The highest BCUT2D eigenvalue weighted by atomic mass is 16.7. The van der Waals surface area contributed by atoms with E-state index in [1.807, 2.05) is 18.2 Å². The first-order valence-corrected chi connectivity index (χ1v) is 10.2. The molecule has 7 nitrogen and oxygen atoms in total. The standard InChI is InChI=1S/C23H23N3O4/c1-23(18-7-8-19-20(13-18)30-15-29-19)21(27)26(22(28)24-23)14-25-11-9-17(10-12-25)16-5-3-2-4-6-16/h2-9,13H,10-12,14-15H2,1H3,(H,24,28)/p+1/t23-/m1/s1. The van der Waals surface area contributed by atoms with E-state index in [0.29, 0.717) is 23.7 Å². The van der Waals surface area contributed by atoms with Crippen molar-refractivity contribution in [2.45, 2.75) is 18.9 Å². The van der Waals surface area contributed by atoms with Crippen molar-refractivity contribution in [3.63, 3.8) is 0 Å². The van der Waals surface area contributed by atoms with Gasteiger partial charge in [-0.25, -0.2) is 9.69 Å². The summed E-state index contributed by atoms with van der Waals surface area (Å²) in [4.78, 5) is 28.4. The number of quaternary nitrogens is 1. The van der Waals surface area contributed by atoms with Gasteiger partial charge in [0.2, 0.25) is 6.79 Å². The summed E-state index contributed by atoms with van der Waals surface area (Å²) >= 11 is 0. The van der Waals surface area contributed by atoms with Crippen LogP contribution in [0.15, 0.2) is 54.6 Å². The molecule has 0 spiro atoms. The Kier molecular flexibility index (Phi) is 4.47. The average molecular weight is 406 g/mol.